The second-order valence-electron chi connectivity index (χ2n) is 3.03. The number of ether oxygens (including phenoxy) is 3. The molecule has 0 aromatic rings. The molecular weight excluding hydrogens is 291 g/mol. The summed E-state index contributed by atoms with van der Waals surface area (Å²) in [6.07, 6.45) is -6.21. The third-order valence-electron chi connectivity index (χ3n) is 1.73. The molecule has 0 radical (unpaired) electrons. The van der Waals surface area contributed by atoms with Crippen LogP contribution in [-0.2, 0) is 28.6 Å². The summed E-state index contributed by atoms with van der Waals surface area (Å²) >= 11 is 0. The fourth-order valence-electron chi connectivity index (χ4n) is 0.765. The fraction of sp³-hybridized carbons (Fsp3) is 0.667. The summed E-state index contributed by atoms with van der Waals surface area (Å²) in [5.41, 5.74) is 5.36. The van der Waals surface area contributed by atoms with Gasteiger partial charge in [-0.05, 0) is 0 Å². The molecule has 0 aliphatic carbocycles. The van der Waals surface area contributed by atoms with Gasteiger partial charge in [-0.15, -0.1) is 0 Å². The number of nitrogens with two attached hydrogens (primary N) is 1. The highest BCUT2D eigenvalue weighted by Gasteiger charge is 2.38. The van der Waals surface area contributed by atoms with Crippen LogP contribution in [0.3, 0.4) is 0 Å². The number of esters is 2. The van der Waals surface area contributed by atoms with Crippen molar-refractivity contribution in [3.63, 3.8) is 0 Å². The van der Waals surface area contributed by atoms with Crippen LogP contribution < -0.4 is 5.73 Å². The molecule has 20 heavy (non-hydrogen) atoms. The Bertz CT molecular complexity index is 345. The average molecular weight is 305 g/mol. The van der Waals surface area contributed by atoms with E-state index in [-0.39, 0.29) is 0 Å². The van der Waals surface area contributed by atoms with Gasteiger partial charge in [0, 0.05) is 7.11 Å². The maximum atomic E-state index is 11.0. The maximum Gasteiger partial charge on any atom is 0.490 e. The van der Waals surface area contributed by atoms with Crippen LogP contribution in [0.5, 0.6) is 0 Å². The van der Waals surface area contributed by atoms with Crippen molar-refractivity contribution in [2.45, 2.75) is 18.3 Å². The molecule has 0 rings (SSSR count). The Hall–Kier alpha value is -1.88. The molecule has 0 spiro atoms. The summed E-state index contributed by atoms with van der Waals surface area (Å²) in [4.78, 5) is 30.8. The van der Waals surface area contributed by atoms with E-state index in [2.05, 4.69) is 14.2 Å². The van der Waals surface area contributed by atoms with E-state index < -0.39 is 36.2 Å². The zero-order chi connectivity index (χ0) is 16.5. The molecule has 0 amide bonds. The number of carboxylic acids is 1. The van der Waals surface area contributed by atoms with Crippen molar-refractivity contribution in [1.82, 2.24) is 0 Å². The van der Waals surface area contributed by atoms with Crippen molar-refractivity contribution >= 4 is 17.9 Å². The van der Waals surface area contributed by atoms with Gasteiger partial charge in [-0.25, -0.2) is 9.59 Å². The molecule has 0 aliphatic heterocycles. The number of halogens is 3. The Morgan fingerprint density at radius 2 is 1.40 bits per heavy atom. The number of rotatable bonds is 4. The molecule has 3 N–H and O–H groups in total. The molecule has 0 aromatic carbocycles. The lowest BCUT2D eigenvalue weighted by Gasteiger charge is -2.17. The molecule has 0 bridgehead atoms. The SMILES string of the molecule is COC(=O)[C@@H](OC)[C@@H](N)C(=O)OC.O=C(O)C(F)(F)F. The van der Waals surface area contributed by atoms with Crippen LogP contribution >= 0.6 is 0 Å². The highest BCUT2D eigenvalue weighted by atomic mass is 19.4. The van der Waals surface area contributed by atoms with Crippen molar-refractivity contribution in [2.24, 2.45) is 5.73 Å². The third kappa shape index (κ3) is 7.53. The summed E-state index contributed by atoms with van der Waals surface area (Å²) < 4.78 is 45.1. The number of aliphatic carboxylic acids is 1. The van der Waals surface area contributed by atoms with Crippen LogP contribution in [0.25, 0.3) is 0 Å². The molecule has 0 saturated carbocycles. The number of methoxy groups -OCH3 is 3. The van der Waals surface area contributed by atoms with Crippen LogP contribution in [0, 0.1) is 0 Å². The number of carbonyl (C=O) groups is 3. The van der Waals surface area contributed by atoms with E-state index in [0.717, 1.165) is 0 Å². The predicted molar refractivity (Wildman–Crippen MR) is 56.5 cm³/mol. The molecule has 0 fully saturated rings. The first-order chi connectivity index (χ1) is 9.02. The fourth-order valence-corrected chi connectivity index (χ4v) is 0.765. The van der Waals surface area contributed by atoms with Gasteiger partial charge in [0.15, 0.2) is 6.10 Å². The van der Waals surface area contributed by atoms with Gasteiger partial charge in [-0.2, -0.15) is 13.2 Å². The maximum absolute atomic E-state index is 11.0. The van der Waals surface area contributed by atoms with Gasteiger partial charge in [0.05, 0.1) is 14.2 Å². The lowest BCUT2D eigenvalue weighted by Crippen LogP contribution is -2.48. The van der Waals surface area contributed by atoms with Crippen LogP contribution in [-0.4, -0.2) is 62.7 Å². The Kier molecular flexibility index (Phi) is 9.29. The quantitative estimate of drug-likeness (QED) is 0.654. The minimum Gasteiger partial charge on any atom is -0.475 e. The average Bonchev–Trinajstić information content (AvgIpc) is 2.37. The van der Waals surface area contributed by atoms with Gasteiger partial charge in [0.2, 0.25) is 0 Å². The molecule has 118 valence electrons. The minimum atomic E-state index is -5.08. The second-order valence-corrected chi connectivity index (χ2v) is 3.03. The lowest BCUT2D eigenvalue weighted by atomic mass is 10.2. The van der Waals surface area contributed by atoms with Gasteiger partial charge >= 0.3 is 24.1 Å². The standard InChI is InChI=1S/C7H13NO5.C2HF3O2/c1-11-5(7(10)13-3)4(8)6(9)12-2;3-2(4,5)1(6)7/h4-5H,8H2,1-3H3;(H,6,7)/t4-,5+;/m1./s1. The van der Waals surface area contributed by atoms with E-state index in [0.29, 0.717) is 0 Å². The van der Waals surface area contributed by atoms with Crippen molar-refractivity contribution in [3.8, 4) is 0 Å². The molecule has 0 heterocycles. The minimum absolute atomic E-state index is 0.708. The Morgan fingerprint density at radius 3 is 1.60 bits per heavy atom. The number of carbonyl (C=O) groups excluding carboxylic acids is 2. The molecule has 0 aromatic heterocycles. The molecule has 0 aliphatic rings. The van der Waals surface area contributed by atoms with Gasteiger partial charge < -0.3 is 25.1 Å². The van der Waals surface area contributed by atoms with Crippen LogP contribution in [0.1, 0.15) is 0 Å². The number of hydrogen-bond donors (Lipinski definition) is 2. The number of alkyl halides is 3. The molecular formula is C9H14F3NO7. The Balaban J connectivity index is 0. The van der Waals surface area contributed by atoms with E-state index in [4.69, 9.17) is 15.6 Å². The predicted octanol–water partition coefficient (Wildman–Crippen LogP) is -0.692. The summed E-state index contributed by atoms with van der Waals surface area (Å²) in [6.45, 7) is 0. The lowest BCUT2D eigenvalue weighted by molar-refractivity contribution is -0.192. The first-order valence-electron chi connectivity index (χ1n) is 4.77. The third-order valence-corrected chi connectivity index (χ3v) is 1.73. The van der Waals surface area contributed by atoms with Gasteiger partial charge in [-0.3, -0.25) is 4.79 Å². The largest absolute Gasteiger partial charge is 0.490 e. The highest BCUT2D eigenvalue weighted by Crippen LogP contribution is 2.13. The summed E-state index contributed by atoms with van der Waals surface area (Å²) in [7, 11) is 3.61. The first-order valence-corrected chi connectivity index (χ1v) is 4.77. The van der Waals surface area contributed by atoms with Crippen molar-refractivity contribution in [3.05, 3.63) is 0 Å². The Labute approximate surface area is 111 Å². The summed E-state index contributed by atoms with van der Waals surface area (Å²) in [6, 6.07) is -1.16. The zero-order valence-electron chi connectivity index (χ0n) is 10.8. The summed E-state index contributed by atoms with van der Waals surface area (Å²) in [5, 5.41) is 7.12. The van der Waals surface area contributed by atoms with Crippen LogP contribution in [0.4, 0.5) is 13.2 Å². The van der Waals surface area contributed by atoms with E-state index in [9.17, 15) is 22.8 Å². The van der Waals surface area contributed by atoms with Gasteiger partial charge in [0.25, 0.3) is 0 Å². The monoisotopic (exact) mass is 305 g/mol. The first kappa shape index (κ1) is 20.4. The van der Waals surface area contributed by atoms with E-state index in [1.165, 1.54) is 21.3 Å². The topological polar surface area (TPSA) is 125 Å². The second kappa shape index (κ2) is 9.09. The molecule has 0 saturated heterocycles. The van der Waals surface area contributed by atoms with E-state index in [1.807, 2.05) is 0 Å². The van der Waals surface area contributed by atoms with Crippen LogP contribution in [0.15, 0.2) is 0 Å². The molecule has 2 atom stereocenters. The number of hydrogen-bond acceptors (Lipinski definition) is 7. The van der Waals surface area contributed by atoms with Gasteiger partial charge in [0.1, 0.15) is 6.04 Å². The van der Waals surface area contributed by atoms with E-state index >= 15 is 0 Å². The van der Waals surface area contributed by atoms with Gasteiger partial charge in [-0.1, -0.05) is 0 Å². The number of carboxylic acid groups (broad SMARTS) is 1. The summed E-state index contributed by atoms with van der Waals surface area (Å²) in [5.74, 6) is -4.19. The molecule has 8 nitrogen and oxygen atoms in total. The van der Waals surface area contributed by atoms with E-state index in [1.54, 1.807) is 0 Å². The van der Waals surface area contributed by atoms with Crippen molar-refractivity contribution < 1.29 is 46.9 Å². The van der Waals surface area contributed by atoms with Crippen molar-refractivity contribution in [1.29, 1.82) is 0 Å². The van der Waals surface area contributed by atoms with Crippen LogP contribution in [0.2, 0.25) is 0 Å². The normalized spacial score (nSPS) is 13.3. The molecule has 11 heteroatoms. The zero-order valence-corrected chi connectivity index (χ0v) is 10.8. The smallest absolute Gasteiger partial charge is 0.475 e. The highest BCUT2D eigenvalue weighted by molar-refractivity contribution is 5.86. The molecule has 0 unspecified atom stereocenters. The Morgan fingerprint density at radius 1 is 1.05 bits per heavy atom. The van der Waals surface area contributed by atoms with Crippen molar-refractivity contribution in [2.75, 3.05) is 21.3 Å².